The minimum atomic E-state index is -0.196. The van der Waals surface area contributed by atoms with Gasteiger partial charge in [0.05, 0.1) is 16.0 Å². The van der Waals surface area contributed by atoms with E-state index in [1.54, 1.807) is 47.2 Å². The molecule has 2 saturated heterocycles. The van der Waals surface area contributed by atoms with Crippen molar-refractivity contribution in [1.82, 2.24) is 14.7 Å². The lowest BCUT2D eigenvalue weighted by molar-refractivity contribution is -0.137. The second-order valence-electron chi connectivity index (χ2n) is 9.29. The first-order valence-corrected chi connectivity index (χ1v) is 12.8. The fraction of sp³-hybridized carbons (Fsp3) is 0.423. The number of hydrogen-bond donors (Lipinski definition) is 0. The van der Waals surface area contributed by atoms with E-state index >= 15 is 0 Å². The van der Waals surface area contributed by atoms with E-state index in [4.69, 9.17) is 34.8 Å². The monoisotopic (exact) mass is 535 g/mol. The third kappa shape index (κ3) is 5.60. The van der Waals surface area contributed by atoms with Crippen molar-refractivity contribution in [2.24, 2.45) is 5.92 Å². The smallest absolute Gasteiger partial charge is 0.253 e. The predicted molar refractivity (Wildman–Crippen MR) is 138 cm³/mol. The van der Waals surface area contributed by atoms with Gasteiger partial charge in [0.2, 0.25) is 11.8 Å². The molecule has 3 unspecified atom stereocenters. The Balaban J connectivity index is 1.58. The number of carbonyl (C=O) groups excluding carboxylic acids is 3. The summed E-state index contributed by atoms with van der Waals surface area (Å²) in [6.45, 7) is 3.59. The number of amides is 3. The van der Waals surface area contributed by atoms with E-state index in [0.717, 1.165) is 5.56 Å². The molecule has 2 heterocycles. The quantitative estimate of drug-likeness (QED) is 0.554. The van der Waals surface area contributed by atoms with Gasteiger partial charge in [0.15, 0.2) is 0 Å². The zero-order valence-corrected chi connectivity index (χ0v) is 22.0. The fourth-order valence-corrected chi connectivity index (χ4v) is 5.56. The van der Waals surface area contributed by atoms with Crippen LogP contribution in [0.5, 0.6) is 0 Å². The molecule has 0 saturated carbocycles. The minimum absolute atomic E-state index is 0.00460. The lowest BCUT2D eigenvalue weighted by atomic mass is 9.84. The lowest BCUT2D eigenvalue weighted by Crippen LogP contribution is -2.53. The van der Waals surface area contributed by atoms with Gasteiger partial charge in [-0.1, -0.05) is 40.9 Å². The summed E-state index contributed by atoms with van der Waals surface area (Å²) in [6, 6.07) is 12.2. The zero-order valence-electron chi connectivity index (χ0n) is 19.7. The van der Waals surface area contributed by atoms with Crippen molar-refractivity contribution in [2.45, 2.75) is 31.7 Å². The van der Waals surface area contributed by atoms with Gasteiger partial charge in [0.25, 0.3) is 5.91 Å². The molecular weight excluding hydrogens is 509 g/mol. The van der Waals surface area contributed by atoms with Crippen molar-refractivity contribution in [3.63, 3.8) is 0 Å². The summed E-state index contributed by atoms with van der Waals surface area (Å²) in [7, 11) is 1.80. The topological polar surface area (TPSA) is 60.9 Å². The summed E-state index contributed by atoms with van der Waals surface area (Å²) in [5, 5.41) is 1.46. The highest BCUT2D eigenvalue weighted by atomic mass is 35.5. The maximum absolute atomic E-state index is 13.4. The highest BCUT2D eigenvalue weighted by molar-refractivity contribution is 6.42. The van der Waals surface area contributed by atoms with Gasteiger partial charge < -0.3 is 14.7 Å². The number of nitrogens with zero attached hydrogens (tertiary/aromatic N) is 3. The largest absolute Gasteiger partial charge is 0.342 e. The van der Waals surface area contributed by atoms with Gasteiger partial charge in [0, 0.05) is 62.7 Å². The third-order valence-corrected chi connectivity index (χ3v) is 8.14. The van der Waals surface area contributed by atoms with Crippen LogP contribution in [0.25, 0.3) is 0 Å². The average Bonchev–Trinajstić information content (AvgIpc) is 3.35. The summed E-state index contributed by atoms with van der Waals surface area (Å²) in [6.07, 6.45) is 1.29. The molecule has 0 radical (unpaired) electrons. The zero-order chi connectivity index (χ0) is 25.3. The number of likely N-dealkylation sites (tertiary alicyclic amines) is 2. The molecule has 0 N–H and O–H groups in total. The Bertz CT molecular complexity index is 1120. The summed E-state index contributed by atoms with van der Waals surface area (Å²) in [5.74, 6) is -0.393. The maximum atomic E-state index is 13.4. The SMILES string of the molecule is CC(=O)N1CCC(C(=O)N2CCC(N(C)C(=O)c3ccc(Cl)cc3)C(c3ccc(Cl)c(Cl)c3)C2)C1. The molecule has 2 aliphatic rings. The third-order valence-electron chi connectivity index (χ3n) is 7.15. The van der Waals surface area contributed by atoms with Crippen molar-refractivity contribution in [3.8, 4) is 0 Å². The molecule has 4 rings (SSSR count). The molecule has 2 aliphatic heterocycles. The first-order chi connectivity index (χ1) is 16.7. The van der Waals surface area contributed by atoms with E-state index < -0.39 is 0 Å². The van der Waals surface area contributed by atoms with E-state index in [-0.39, 0.29) is 35.6 Å². The average molecular weight is 537 g/mol. The molecular formula is C26H28Cl3N3O3. The molecule has 2 fully saturated rings. The van der Waals surface area contributed by atoms with Crippen LogP contribution in [-0.2, 0) is 9.59 Å². The molecule has 0 bridgehead atoms. The molecule has 2 aromatic carbocycles. The van der Waals surface area contributed by atoms with E-state index in [9.17, 15) is 14.4 Å². The molecule has 3 amide bonds. The van der Waals surface area contributed by atoms with Gasteiger partial charge in [-0.15, -0.1) is 0 Å². The van der Waals surface area contributed by atoms with Crippen molar-refractivity contribution < 1.29 is 14.4 Å². The highest BCUT2D eigenvalue weighted by Gasteiger charge is 2.40. The lowest BCUT2D eigenvalue weighted by Gasteiger charge is -2.43. The second kappa shape index (κ2) is 10.8. The molecule has 186 valence electrons. The number of halogens is 3. The van der Waals surface area contributed by atoms with Gasteiger partial charge in [-0.3, -0.25) is 14.4 Å². The Hall–Kier alpha value is -2.28. The van der Waals surface area contributed by atoms with Gasteiger partial charge in [-0.2, -0.15) is 0 Å². The summed E-state index contributed by atoms with van der Waals surface area (Å²) < 4.78 is 0. The van der Waals surface area contributed by atoms with E-state index in [1.807, 2.05) is 17.0 Å². The molecule has 0 aliphatic carbocycles. The molecule has 6 nitrogen and oxygen atoms in total. The maximum Gasteiger partial charge on any atom is 0.253 e. The number of carbonyl (C=O) groups is 3. The normalized spacial score (nSPS) is 22.3. The highest BCUT2D eigenvalue weighted by Crippen LogP contribution is 2.35. The van der Waals surface area contributed by atoms with Crippen LogP contribution in [0.1, 0.15) is 41.6 Å². The van der Waals surface area contributed by atoms with Crippen molar-refractivity contribution >= 4 is 52.5 Å². The van der Waals surface area contributed by atoms with Gasteiger partial charge in [0.1, 0.15) is 0 Å². The Morgan fingerprint density at radius 3 is 2.20 bits per heavy atom. The molecule has 3 atom stereocenters. The van der Waals surface area contributed by atoms with Crippen molar-refractivity contribution in [1.29, 1.82) is 0 Å². The Morgan fingerprint density at radius 2 is 1.57 bits per heavy atom. The molecule has 0 spiro atoms. The van der Waals surface area contributed by atoms with Crippen LogP contribution in [0.15, 0.2) is 42.5 Å². The number of piperidine rings is 1. The van der Waals surface area contributed by atoms with Crippen LogP contribution in [0.2, 0.25) is 15.1 Å². The van der Waals surface area contributed by atoms with Crippen molar-refractivity contribution in [3.05, 3.63) is 68.7 Å². The van der Waals surface area contributed by atoms with Crippen LogP contribution in [0.4, 0.5) is 0 Å². The Morgan fingerprint density at radius 1 is 0.886 bits per heavy atom. The van der Waals surface area contributed by atoms with Gasteiger partial charge in [-0.05, 0) is 54.8 Å². The van der Waals surface area contributed by atoms with E-state index in [2.05, 4.69) is 0 Å². The number of rotatable bonds is 4. The number of benzene rings is 2. The number of likely N-dealkylation sites (N-methyl/N-ethyl adjacent to an activating group) is 1. The molecule has 0 aromatic heterocycles. The standard InChI is InChI=1S/C26H28Cl3N3O3/c1-16(33)31-11-9-19(14-31)26(35)32-12-10-24(21(15-32)18-5-8-22(28)23(29)13-18)30(2)25(34)17-3-6-20(27)7-4-17/h3-8,13,19,21,24H,9-12,14-15H2,1-2H3. The van der Waals surface area contributed by atoms with Crippen LogP contribution >= 0.6 is 34.8 Å². The summed E-state index contributed by atoms with van der Waals surface area (Å²) >= 11 is 18.5. The van der Waals surface area contributed by atoms with Crippen LogP contribution in [0.3, 0.4) is 0 Å². The van der Waals surface area contributed by atoms with Crippen molar-refractivity contribution in [2.75, 3.05) is 33.2 Å². The first kappa shape index (κ1) is 25.8. The number of hydrogen-bond acceptors (Lipinski definition) is 3. The van der Waals surface area contributed by atoms with Gasteiger partial charge in [-0.25, -0.2) is 0 Å². The predicted octanol–water partition coefficient (Wildman–Crippen LogP) is 4.97. The molecule has 35 heavy (non-hydrogen) atoms. The van der Waals surface area contributed by atoms with E-state index in [0.29, 0.717) is 59.7 Å². The minimum Gasteiger partial charge on any atom is -0.342 e. The Kier molecular flexibility index (Phi) is 7.94. The van der Waals surface area contributed by atoms with E-state index in [1.165, 1.54) is 6.92 Å². The Labute approximate surface area is 220 Å². The van der Waals surface area contributed by atoms with Gasteiger partial charge >= 0.3 is 0 Å². The molecule has 2 aromatic rings. The summed E-state index contributed by atoms with van der Waals surface area (Å²) in [5.41, 5.74) is 1.48. The van der Waals surface area contributed by atoms with Crippen LogP contribution in [-0.4, -0.2) is 71.7 Å². The first-order valence-electron chi connectivity index (χ1n) is 11.7. The van der Waals surface area contributed by atoms with Crippen LogP contribution < -0.4 is 0 Å². The van der Waals surface area contributed by atoms with Crippen LogP contribution in [0, 0.1) is 5.92 Å². The fourth-order valence-electron chi connectivity index (χ4n) is 5.13. The second-order valence-corrected chi connectivity index (χ2v) is 10.5. The molecule has 9 heteroatoms. The summed E-state index contributed by atoms with van der Waals surface area (Å²) in [4.78, 5) is 43.8.